The fourth-order valence-electron chi connectivity index (χ4n) is 1.80. The van der Waals surface area contributed by atoms with Crippen LogP contribution in [0.1, 0.15) is 39.7 Å². The highest BCUT2D eigenvalue weighted by molar-refractivity contribution is 5.43. The molecule has 3 nitrogen and oxygen atoms in total. The molecule has 0 aromatic heterocycles. The number of benzene rings is 1. The van der Waals surface area contributed by atoms with Crippen LogP contribution in [0.25, 0.3) is 0 Å². The molecule has 0 spiro atoms. The first kappa shape index (κ1) is 15.8. The number of rotatable bonds is 6. The van der Waals surface area contributed by atoms with Crippen molar-refractivity contribution in [1.29, 1.82) is 0 Å². The maximum absolute atomic E-state index is 5.81. The van der Waals surface area contributed by atoms with E-state index in [2.05, 4.69) is 26.8 Å². The van der Waals surface area contributed by atoms with Crippen LogP contribution in [0.2, 0.25) is 0 Å². The van der Waals surface area contributed by atoms with Crippen LogP contribution in [-0.4, -0.2) is 19.8 Å². The van der Waals surface area contributed by atoms with Gasteiger partial charge < -0.3 is 15.2 Å². The third-order valence-corrected chi connectivity index (χ3v) is 2.90. The molecule has 2 N–H and O–H groups in total. The highest BCUT2D eigenvalue weighted by Crippen LogP contribution is 2.29. The summed E-state index contributed by atoms with van der Waals surface area (Å²) in [5.74, 6) is 1.59. The van der Waals surface area contributed by atoms with Crippen molar-refractivity contribution in [2.75, 3.05) is 13.7 Å². The van der Waals surface area contributed by atoms with Gasteiger partial charge in [-0.3, -0.25) is 0 Å². The van der Waals surface area contributed by atoms with E-state index in [4.69, 9.17) is 15.2 Å². The van der Waals surface area contributed by atoms with E-state index in [1.165, 1.54) is 5.56 Å². The summed E-state index contributed by atoms with van der Waals surface area (Å²) in [7, 11) is 1.67. The second-order valence-electron chi connectivity index (χ2n) is 6.33. The first-order valence-electron chi connectivity index (χ1n) is 6.87. The van der Waals surface area contributed by atoms with E-state index in [0.717, 1.165) is 24.3 Å². The van der Waals surface area contributed by atoms with Gasteiger partial charge in [0.25, 0.3) is 0 Å². The molecule has 0 radical (unpaired) electrons. The van der Waals surface area contributed by atoms with Gasteiger partial charge in [0.2, 0.25) is 0 Å². The van der Waals surface area contributed by atoms with Crippen molar-refractivity contribution in [2.45, 2.75) is 46.6 Å². The molecular weight excluding hydrogens is 238 g/mol. The molecule has 3 heteroatoms. The smallest absolute Gasteiger partial charge is 0.161 e. The van der Waals surface area contributed by atoms with Crippen LogP contribution >= 0.6 is 0 Å². The Balaban J connectivity index is 2.68. The Bertz CT molecular complexity index is 394. The molecule has 1 rings (SSSR count). The standard InChI is InChI=1S/C16H27NO2/c1-12(17)10-13-6-7-14(15(11-13)18-5)19-9-8-16(2,3)4/h6-7,11-12H,8-10,17H2,1-5H3. The van der Waals surface area contributed by atoms with E-state index in [9.17, 15) is 0 Å². The van der Waals surface area contributed by atoms with Crippen molar-refractivity contribution in [3.05, 3.63) is 23.8 Å². The summed E-state index contributed by atoms with van der Waals surface area (Å²) < 4.78 is 11.2. The monoisotopic (exact) mass is 265 g/mol. The van der Waals surface area contributed by atoms with Gasteiger partial charge >= 0.3 is 0 Å². The maximum atomic E-state index is 5.81. The summed E-state index contributed by atoms with van der Waals surface area (Å²) in [5.41, 5.74) is 7.27. The van der Waals surface area contributed by atoms with Gasteiger partial charge in [0.15, 0.2) is 11.5 Å². The van der Waals surface area contributed by atoms with E-state index >= 15 is 0 Å². The van der Waals surface area contributed by atoms with E-state index in [1.54, 1.807) is 7.11 Å². The van der Waals surface area contributed by atoms with Gasteiger partial charge in [0, 0.05) is 6.04 Å². The minimum atomic E-state index is 0.150. The van der Waals surface area contributed by atoms with Gasteiger partial charge in [-0.1, -0.05) is 26.8 Å². The van der Waals surface area contributed by atoms with E-state index in [-0.39, 0.29) is 11.5 Å². The number of nitrogens with two attached hydrogens (primary N) is 1. The van der Waals surface area contributed by atoms with Crippen LogP contribution in [0, 0.1) is 5.41 Å². The zero-order valence-corrected chi connectivity index (χ0v) is 12.8. The molecule has 19 heavy (non-hydrogen) atoms. The topological polar surface area (TPSA) is 44.5 Å². The lowest BCUT2D eigenvalue weighted by molar-refractivity contribution is 0.234. The molecule has 0 aliphatic heterocycles. The van der Waals surface area contributed by atoms with Crippen LogP contribution in [0.4, 0.5) is 0 Å². The number of methoxy groups -OCH3 is 1. The summed E-state index contributed by atoms with van der Waals surface area (Å²) >= 11 is 0. The zero-order chi connectivity index (χ0) is 14.5. The molecule has 1 aromatic carbocycles. The lowest BCUT2D eigenvalue weighted by Crippen LogP contribution is -2.17. The van der Waals surface area contributed by atoms with Crippen LogP contribution in [0.15, 0.2) is 18.2 Å². The van der Waals surface area contributed by atoms with Crippen molar-refractivity contribution < 1.29 is 9.47 Å². The van der Waals surface area contributed by atoms with Crippen molar-refractivity contribution in [2.24, 2.45) is 11.1 Å². The average molecular weight is 265 g/mol. The molecule has 1 aromatic rings. The Labute approximate surface area is 117 Å². The normalized spacial score (nSPS) is 13.2. The quantitative estimate of drug-likeness (QED) is 0.857. The van der Waals surface area contributed by atoms with Gasteiger partial charge in [-0.2, -0.15) is 0 Å². The van der Waals surface area contributed by atoms with Crippen molar-refractivity contribution in [1.82, 2.24) is 0 Å². The minimum Gasteiger partial charge on any atom is -0.493 e. The molecule has 0 aliphatic carbocycles. The summed E-state index contributed by atoms with van der Waals surface area (Å²) in [6.07, 6.45) is 1.86. The Hall–Kier alpha value is -1.22. The van der Waals surface area contributed by atoms with Gasteiger partial charge in [0.1, 0.15) is 0 Å². The second kappa shape index (κ2) is 6.80. The van der Waals surface area contributed by atoms with Crippen molar-refractivity contribution >= 4 is 0 Å². The summed E-state index contributed by atoms with van der Waals surface area (Å²) in [6, 6.07) is 6.19. The molecule has 1 unspecified atom stereocenters. The van der Waals surface area contributed by atoms with Gasteiger partial charge in [-0.05, 0) is 42.9 Å². The number of hydrogen-bond acceptors (Lipinski definition) is 3. The van der Waals surface area contributed by atoms with Crippen LogP contribution in [0.3, 0.4) is 0 Å². The number of ether oxygens (including phenoxy) is 2. The molecule has 0 amide bonds. The Morgan fingerprint density at radius 2 is 1.89 bits per heavy atom. The fourth-order valence-corrected chi connectivity index (χ4v) is 1.80. The summed E-state index contributed by atoms with van der Waals surface area (Å²) in [6.45, 7) is 9.32. The molecule has 108 valence electrons. The Morgan fingerprint density at radius 3 is 2.42 bits per heavy atom. The van der Waals surface area contributed by atoms with E-state index in [1.807, 2.05) is 19.1 Å². The van der Waals surface area contributed by atoms with Gasteiger partial charge in [0.05, 0.1) is 13.7 Å². The average Bonchev–Trinajstić information content (AvgIpc) is 2.28. The zero-order valence-electron chi connectivity index (χ0n) is 12.8. The first-order valence-corrected chi connectivity index (χ1v) is 6.87. The SMILES string of the molecule is COc1cc(CC(C)N)ccc1OCCC(C)(C)C. The summed E-state index contributed by atoms with van der Waals surface area (Å²) in [4.78, 5) is 0. The maximum Gasteiger partial charge on any atom is 0.161 e. The third kappa shape index (κ3) is 5.97. The van der Waals surface area contributed by atoms with E-state index < -0.39 is 0 Å². The molecule has 0 bridgehead atoms. The molecule has 0 fully saturated rings. The van der Waals surface area contributed by atoms with Crippen molar-refractivity contribution in [3.63, 3.8) is 0 Å². The molecule has 0 heterocycles. The number of hydrogen-bond donors (Lipinski definition) is 1. The first-order chi connectivity index (χ1) is 8.81. The van der Waals surface area contributed by atoms with E-state index in [0.29, 0.717) is 6.61 Å². The fraction of sp³-hybridized carbons (Fsp3) is 0.625. The lowest BCUT2D eigenvalue weighted by atomic mass is 9.93. The molecule has 0 saturated heterocycles. The highest BCUT2D eigenvalue weighted by Gasteiger charge is 2.12. The largest absolute Gasteiger partial charge is 0.493 e. The van der Waals surface area contributed by atoms with Crippen LogP contribution in [-0.2, 0) is 6.42 Å². The van der Waals surface area contributed by atoms with Crippen molar-refractivity contribution in [3.8, 4) is 11.5 Å². The molecular formula is C16H27NO2. The van der Waals surface area contributed by atoms with Gasteiger partial charge in [-0.25, -0.2) is 0 Å². The molecule has 0 aliphatic rings. The highest BCUT2D eigenvalue weighted by atomic mass is 16.5. The minimum absolute atomic E-state index is 0.150. The lowest BCUT2D eigenvalue weighted by Gasteiger charge is -2.19. The Kier molecular flexibility index (Phi) is 5.67. The molecule has 0 saturated carbocycles. The predicted molar refractivity (Wildman–Crippen MR) is 79.9 cm³/mol. The van der Waals surface area contributed by atoms with Crippen LogP contribution < -0.4 is 15.2 Å². The molecule has 1 atom stereocenters. The third-order valence-electron chi connectivity index (χ3n) is 2.90. The Morgan fingerprint density at radius 1 is 1.21 bits per heavy atom. The van der Waals surface area contributed by atoms with Crippen LogP contribution in [0.5, 0.6) is 11.5 Å². The summed E-state index contributed by atoms with van der Waals surface area (Å²) in [5, 5.41) is 0. The van der Waals surface area contributed by atoms with Gasteiger partial charge in [-0.15, -0.1) is 0 Å². The predicted octanol–water partition coefficient (Wildman–Crippen LogP) is 3.40. The second-order valence-corrected chi connectivity index (χ2v) is 6.33.